The number of rotatable bonds is 5. The summed E-state index contributed by atoms with van der Waals surface area (Å²) < 4.78 is 0. The molecule has 6 nitrogen and oxygen atoms in total. The van der Waals surface area contributed by atoms with Crippen LogP contribution in [0.25, 0.3) is 0 Å². The van der Waals surface area contributed by atoms with E-state index in [4.69, 9.17) is 0 Å². The lowest BCUT2D eigenvalue weighted by Crippen LogP contribution is -2.39. The minimum Gasteiger partial charge on any atom is -0.351 e. The number of benzene rings is 1. The molecule has 1 aliphatic rings. The van der Waals surface area contributed by atoms with Crippen molar-refractivity contribution in [2.75, 3.05) is 11.6 Å². The van der Waals surface area contributed by atoms with Gasteiger partial charge in [0.1, 0.15) is 5.71 Å². The summed E-state index contributed by atoms with van der Waals surface area (Å²) >= 11 is 0. The Morgan fingerprint density at radius 3 is 2.88 bits per heavy atom. The van der Waals surface area contributed by atoms with Gasteiger partial charge in [-0.15, -0.1) is 0 Å². The molecule has 2 heterocycles. The first kappa shape index (κ1) is 16.8. The van der Waals surface area contributed by atoms with Crippen LogP contribution < -0.4 is 10.3 Å². The maximum Gasteiger partial charge on any atom is 0.267 e. The Morgan fingerprint density at radius 2 is 2.12 bits per heavy atom. The van der Waals surface area contributed by atoms with E-state index in [1.165, 1.54) is 5.01 Å². The molecule has 6 heteroatoms. The highest BCUT2D eigenvalue weighted by molar-refractivity contribution is 6.40. The number of hydrogen-bond donors (Lipinski definition) is 1. The Morgan fingerprint density at radius 1 is 1.24 bits per heavy atom. The molecular weight excluding hydrogens is 316 g/mol. The van der Waals surface area contributed by atoms with Crippen LogP contribution in [0.5, 0.6) is 0 Å². The van der Waals surface area contributed by atoms with E-state index < -0.39 is 0 Å². The van der Waals surface area contributed by atoms with Crippen LogP contribution in [0, 0.1) is 6.92 Å². The lowest BCUT2D eigenvalue weighted by Gasteiger charge is -2.23. The molecule has 2 amide bonds. The summed E-state index contributed by atoms with van der Waals surface area (Å²) in [5, 5.41) is 8.47. The van der Waals surface area contributed by atoms with E-state index in [0.29, 0.717) is 30.8 Å². The normalized spacial score (nSPS) is 14.2. The van der Waals surface area contributed by atoms with Gasteiger partial charge in [-0.3, -0.25) is 14.6 Å². The van der Waals surface area contributed by atoms with Gasteiger partial charge in [0, 0.05) is 31.8 Å². The van der Waals surface area contributed by atoms with Gasteiger partial charge in [-0.05, 0) is 42.7 Å². The van der Waals surface area contributed by atoms with Gasteiger partial charge < -0.3 is 5.32 Å². The molecule has 2 aromatic rings. The van der Waals surface area contributed by atoms with Crippen LogP contribution in [0.1, 0.15) is 24.0 Å². The third-order valence-corrected chi connectivity index (χ3v) is 3.96. The molecule has 0 saturated carbocycles. The van der Waals surface area contributed by atoms with Crippen molar-refractivity contribution in [3.63, 3.8) is 0 Å². The third kappa shape index (κ3) is 4.29. The molecule has 1 aromatic heterocycles. The minimum absolute atomic E-state index is 0.0995. The summed E-state index contributed by atoms with van der Waals surface area (Å²) in [5.74, 6) is -0.327. The van der Waals surface area contributed by atoms with Gasteiger partial charge >= 0.3 is 0 Å². The standard InChI is InChI=1S/C19H20N4O2/c1-14-4-2-6-16(12-14)23-18(24)8-7-17(22-23)19(25)21-11-9-15-5-3-10-20-13-15/h2-6,10,12-13H,7-9,11H2,1H3,(H,21,25). The molecule has 0 unspecified atom stereocenters. The van der Waals surface area contributed by atoms with Crippen molar-refractivity contribution in [2.24, 2.45) is 5.10 Å². The van der Waals surface area contributed by atoms with Gasteiger partial charge in [-0.25, -0.2) is 5.01 Å². The largest absolute Gasteiger partial charge is 0.351 e. The maximum absolute atomic E-state index is 12.3. The quantitative estimate of drug-likeness (QED) is 0.910. The van der Waals surface area contributed by atoms with Crippen LogP contribution in [-0.4, -0.2) is 29.1 Å². The fourth-order valence-corrected chi connectivity index (χ4v) is 2.65. The number of pyridine rings is 1. The van der Waals surface area contributed by atoms with Crippen molar-refractivity contribution in [1.82, 2.24) is 10.3 Å². The first-order valence-corrected chi connectivity index (χ1v) is 8.28. The predicted molar refractivity (Wildman–Crippen MR) is 96.3 cm³/mol. The molecule has 0 spiro atoms. The van der Waals surface area contributed by atoms with E-state index in [9.17, 15) is 9.59 Å². The minimum atomic E-state index is -0.228. The summed E-state index contributed by atoms with van der Waals surface area (Å²) in [6.45, 7) is 2.45. The highest BCUT2D eigenvalue weighted by atomic mass is 16.2. The van der Waals surface area contributed by atoms with Gasteiger partial charge in [-0.2, -0.15) is 5.10 Å². The number of carbonyl (C=O) groups excluding carboxylic acids is 2. The summed E-state index contributed by atoms with van der Waals surface area (Å²) in [5.41, 5.74) is 3.16. The third-order valence-electron chi connectivity index (χ3n) is 3.96. The molecule has 3 rings (SSSR count). The van der Waals surface area contributed by atoms with E-state index in [1.807, 2.05) is 43.3 Å². The van der Waals surface area contributed by atoms with Gasteiger partial charge in [0.05, 0.1) is 5.69 Å². The highest BCUT2D eigenvalue weighted by Crippen LogP contribution is 2.21. The van der Waals surface area contributed by atoms with E-state index in [0.717, 1.165) is 11.1 Å². The predicted octanol–water partition coefficient (Wildman–Crippen LogP) is 2.23. The summed E-state index contributed by atoms with van der Waals surface area (Å²) in [7, 11) is 0. The summed E-state index contributed by atoms with van der Waals surface area (Å²) in [4.78, 5) is 28.5. The Labute approximate surface area is 146 Å². The monoisotopic (exact) mass is 336 g/mol. The molecule has 1 N–H and O–H groups in total. The SMILES string of the molecule is Cc1cccc(N2N=C(C(=O)NCCc3cccnc3)CCC2=O)c1. The van der Waals surface area contributed by atoms with Crippen molar-refractivity contribution in [2.45, 2.75) is 26.2 Å². The lowest BCUT2D eigenvalue weighted by molar-refractivity contribution is -0.118. The fourth-order valence-electron chi connectivity index (χ4n) is 2.65. The molecule has 0 saturated heterocycles. The molecule has 0 fully saturated rings. The van der Waals surface area contributed by atoms with E-state index >= 15 is 0 Å². The van der Waals surface area contributed by atoms with Gasteiger partial charge in [0.25, 0.3) is 5.91 Å². The zero-order valence-corrected chi connectivity index (χ0v) is 14.1. The number of carbonyl (C=O) groups is 2. The molecule has 25 heavy (non-hydrogen) atoms. The number of nitrogens with one attached hydrogen (secondary N) is 1. The first-order valence-electron chi connectivity index (χ1n) is 8.28. The van der Waals surface area contributed by atoms with Gasteiger partial charge in [0.2, 0.25) is 5.91 Å². The molecule has 1 aromatic carbocycles. The second-order valence-electron chi connectivity index (χ2n) is 5.96. The Kier molecular flexibility index (Phi) is 5.18. The number of anilines is 1. The number of hydrazone groups is 1. The molecule has 0 radical (unpaired) electrons. The smallest absolute Gasteiger partial charge is 0.267 e. The average Bonchev–Trinajstić information content (AvgIpc) is 2.63. The van der Waals surface area contributed by atoms with E-state index in [2.05, 4.69) is 15.4 Å². The molecule has 128 valence electrons. The van der Waals surface area contributed by atoms with Crippen molar-refractivity contribution in [1.29, 1.82) is 0 Å². The van der Waals surface area contributed by atoms with Crippen LogP contribution in [0.15, 0.2) is 53.9 Å². The molecule has 1 aliphatic heterocycles. The fraction of sp³-hybridized carbons (Fsp3) is 0.263. The zero-order chi connectivity index (χ0) is 17.6. The number of aryl methyl sites for hydroxylation is 1. The Hall–Kier alpha value is -3.02. The molecular formula is C19H20N4O2. The van der Waals surface area contributed by atoms with Crippen molar-refractivity contribution in [3.05, 3.63) is 59.9 Å². The highest BCUT2D eigenvalue weighted by Gasteiger charge is 2.25. The van der Waals surface area contributed by atoms with E-state index in [1.54, 1.807) is 12.4 Å². The molecule has 0 bridgehead atoms. The zero-order valence-electron chi connectivity index (χ0n) is 14.1. The maximum atomic E-state index is 12.3. The first-order chi connectivity index (χ1) is 12.1. The van der Waals surface area contributed by atoms with Crippen LogP contribution >= 0.6 is 0 Å². The molecule has 0 atom stereocenters. The van der Waals surface area contributed by atoms with Crippen molar-refractivity contribution >= 4 is 23.2 Å². The summed E-state index contributed by atoms with van der Waals surface area (Å²) in [6.07, 6.45) is 4.84. The number of amides is 2. The van der Waals surface area contributed by atoms with Crippen LogP contribution in [0.4, 0.5) is 5.69 Å². The number of aromatic nitrogens is 1. The van der Waals surface area contributed by atoms with Gasteiger partial charge in [-0.1, -0.05) is 18.2 Å². The Bertz CT molecular complexity index is 802. The molecule has 0 aliphatic carbocycles. The van der Waals surface area contributed by atoms with Gasteiger partial charge in [0.15, 0.2) is 0 Å². The van der Waals surface area contributed by atoms with Crippen LogP contribution in [0.3, 0.4) is 0 Å². The second-order valence-corrected chi connectivity index (χ2v) is 5.96. The topological polar surface area (TPSA) is 74.7 Å². The number of nitrogens with zero attached hydrogens (tertiary/aromatic N) is 3. The average molecular weight is 336 g/mol. The van der Waals surface area contributed by atoms with E-state index in [-0.39, 0.29) is 18.2 Å². The van der Waals surface area contributed by atoms with Crippen LogP contribution in [-0.2, 0) is 16.0 Å². The Balaban J connectivity index is 1.65. The number of hydrogen-bond acceptors (Lipinski definition) is 4. The summed E-state index contributed by atoms with van der Waals surface area (Å²) in [6, 6.07) is 11.4. The second kappa shape index (κ2) is 7.70. The van der Waals surface area contributed by atoms with Crippen molar-refractivity contribution < 1.29 is 9.59 Å². The van der Waals surface area contributed by atoms with Crippen LogP contribution in [0.2, 0.25) is 0 Å². The van der Waals surface area contributed by atoms with Crippen molar-refractivity contribution in [3.8, 4) is 0 Å². The lowest BCUT2D eigenvalue weighted by atomic mass is 10.1.